The van der Waals surface area contributed by atoms with Crippen molar-refractivity contribution in [2.24, 2.45) is 5.16 Å². The van der Waals surface area contributed by atoms with E-state index < -0.39 is 0 Å². The van der Waals surface area contributed by atoms with Gasteiger partial charge >= 0.3 is 0 Å². The highest BCUT2D eigenvalue weighted by Gasteiger charge is 2.25. The molecule has 86 valence electrons. The lowest BCUT2D eigenvalue weighted by Gasteiger charge is -2.33. The Bertz CT molecular complexity index is 364. The lowest BCUT2D eigenvalue weighted by atomic mass is 10.0. The Hall–Kier alpha value is -1.39. The van der Waals surface area contributed by atoms with Crippen LogP contribution in [0.5, 0.6) is 0 Å². The van der Waals surface area contributed by atoms with Crippen molar-refractivity contribution in [2.75, 3.05) is 26.7 Å². The zero-order chi connectivity index (χ0) is 11.4. The summed E-state index contributed by atoms with van der Waals surface area (Å²) < 4.78 is 0. The van der Waals surface area contributed by atoms with Crippen molar-refractivity contribution in [1.29, 1.82) is 0 Å². The molecule has 2 rings (SSSR count). The summed E-state index contributed by atoms with van der Waals surface area (Å²) in [5, 5.41) is 16.0. The van der Waals surface area contributed by atoms with Crippen LogP contribution in [0.1, 0.15) is 5.56 Å². The van der Waals surface area contributed by atoms with Gasteiger partial charge in [-0.25, -0.2) is 0 Å². The number of likely N-dealkylation sites (N-methyl/N-ethyl adjacent to an activating group) is 1. The van der Waals surface area contributed by atoms with Crippen LogP contribution < -0.4 is 5.32 Å². The smallest absolute Gasteiger partial charge is 0.105 e. The van der Waals surface area contributed by atoms with E-state index in [2.05, 4.69) is 22.4 Å². The van der Waals surface area contributed by atoms with Gasteiger partial charge in [-0.1, -0.05) is 35.5 Å². The Labute approximate surface area is 95.6 Å². The zero-order valence-electron chi connectivity index (χ0n) is 9.43. The van der Waals surface area contributed by atoms with Crippen LogP contribution in [0, 0.1) is 0 Å². The molecular weight excluding hydrogens is 202 g/mol. The van der Waals surface area contributed by atoms with Gasteiger partial charge in [0.15, 0.2) is 0 Å². The number of nitrogens with zero attached hydrogens (tertiary/aromatic N) is 2. The van der Waals surface area contributed by atoms with Crippen LogP contribution in [0.15, 0.2) is 35.5 Å². The third kappa shape index (κ3) is 2.23. The maximum atomic E-state index is 9.18. The normalized spacial score (nSPS) is 23.3. The number of oxime groups is 1. The molecule has 2 N–H and O–H groups in total. The molecule has 1 atom stereocenters. The Kier molecular flexibility index (Phi) is 3.54. The summed E-state index contributed by atoms with van der Waals surface area (Å²) in [5.41, 5.74) is 1.71. The fraction of sp³-hybridized carbons (Fsp3) is 0.417. The van der Waals surface area contributed by atoms with E-state index in [1.165, 1.54) is 0 Å². The highest BCUT2D eigenvalue weighted by atomic mass is 16.4. The molecule has 1 fully saturated rings. The number of benzene rings is 1. The summed E-state index contributed by atoms with van der Waals surface area (Å²) in [4.78, 5) is 2.21. The van der Waals surface area contributed by atoms with Crippen LogP contribution in [0.25, 0.3) is 0 Å². The number of hydrogen-bond acceptors (Lipinski definition) is 4. The van der Waals surface area contributed by atoms with Gasteiger partial charge in [0.1, 0.15) is 5.71 Å². The average Bonchev–Trinajstić information content (AvgIpc) is 2.34. The van der Waals surface area contributed by atoms with Crippen molar-refractivity contribution in [1.82, 2.24) is 10.2 Å². The third-order valence-electron chi connectivity index (χ3n) is 3.00. The first-order valence-corrected chi connectivity index (χ1v) is 5.51. The summed E-state index contributed by atoms with van der Waals surface area (Å²) >= 11 is 0. The molecule has 0 spiro atoms. The summed E-state index contributed by atoms with van der Waals surface area (Å²) in [6.45, 7) is 2.78. The SMILES string of the molecule is CN1CCNCC1/C(=N/O)c1ccccc1. The molecule has 4 nitrogen and oxygen atoms in total. The predicted octanol–water partition coefficient (Wildman–Crippen LogP) is 0.768. The molecule has 1 heterocycles. The first-order valence-electron chi connectivity index (χ1n) is 5.51. The second kappa shape index (κ2) is 5.09. The maximum absolute atomic E-state index is 9.18. The van der Waals surface area contributed by atoms with Crippen LogP contribution in [0.2, 0.25) is 0 Å². The second-order valence-electron chi connectivity index (χ2n) is 4.05. The van der Waals surface area contributed by atoms with Crippen molar-refractivity contribution in [3.05, 3.63) is 35.9 Å². The zero-order valence-corrected chi connectivity index (χ0v) is 9.43. The van der Waals surface area contributed by atoms with Crippen LogP contribution >= 0.6 is 0 Å². The molecule has 1 aliphatic rings. The number of piperazine rings is 1. The Balaban J connectivity index is 2.23. The summed E-state index contributed by atoms with van der Waals surface area (Å²) in [6.07, 6.45) is 0. The minimum atomic E-state index is 0.140. The van der Waals surface area contributed by atoms with Gasteiger partial charge in [0, 0.05) is 25.2 Å². The van der Waals surface area contributed by atoms with Gasteiger partial charge < -0.3 is 10.5 Å². The minimum Gasteiger partial charge on any atom is -0.411 e. The Morgan fingerprint density at radius 3 is 2.81 bits per heavy atom. The minimum absolute atomic E-state index is 0.140. The quantitative estimate of drug-likeness (QED) is 0.439. The lowest BCUT2D eigenvalue weighted by Crippen LogP contribution is -2.53. The first kappa shape index (κ1) is 11.1. The molecule has 1 aromatic carbocycles. The molecule has 1 unspecified atom stereocenters. The van der Waals surface area contributed by atoms with E-state index in [4.69, 9.17) is 0 Å². The third-order valence-corrected chi connectivity index (χ3v) is 3.00. The Morgan fingerprint density at radius 2 is 2.19 bits per heavy atom. The molecule has 0 saturated carbocycles. The molecule has 0 aromatic heterocycles. The second-order valence-corrected chi connectivity index (χ2v) is 4.05. The molecule has 0 aliphatic carbocycles. The van der Waals surface area contributed by atoms with Gasteiger partial charge in [-0.05, 0) is 7.05 Å². The number of rotatable bonds is 2. The molecular formula is C12H17N3O. The number of nitrogens with one attached hydrogen (secondary N) is 1. The largest absolute Gasteiger partial charge is 0.411 e. The average molecular weight is 219 g/mol. The molecule has 4 heteroatoms. The summed E-state index contributed by atoms with van der Waals surface area (Å²) in [5.74, 6) is 0. The van der Waals surface area contributed by atoms with Crippen LogP contribution in [0.4, 0.5) is 0 Å². The highest BCUT2D eigenvalue weighted by Crippen LogP contribution is 2.10. The van der Waals surface area contributed by atoms with E-state index in [9.17, 15) is 5.21 Å². The van der Waals surface area contributed by atoms with Crippen LogP contribution in [-0.2, 0) is 0 Å². The van der Waals surface area contributed by atoms with Gasteiger partial charge in [0.2, 0.25) is 0 Å². The number of hydrogen-bond donors (Lipinski definition) is 2. The molecule has 0 radical (unpaired) electrons. The molecule has 1 aliphatic heterocycles. The molecule has 1 saturated heterocycles. The first-order chi connectivity index (χ1) is 7.83. The maximum Gasteiger partial charge on any atom is 0.105 e. The van der Waals surface area contributed by atoms with Gasteiger partial charge in [0.25, 0.3) is 0 Å². The van der Waals surface area contributed by atoms with Crippen molar-refractivity contribution in [3.8, 4) is 0 Å². The molecule has 1 aromatic rings. The van der Waals surface area contributed by atoms with Gasteiger partial charge in [0.05, 0.1) is 6.04 Å². The monoisotopic (exact) mass is 219 g/mol. The molecule has 16 heavy (non-hydrogen) atoms. The van der Waals surface area contributed by atoms with Gasteiger partial charge in [-0.15, -0.1) is 0 Å². The predicted molar refractivity (Wildman–Crippen MR) is 64.1 cm³/mol. The van der Waals surface area contributed by atoms with Crippen molar-refractivity contribution in [3.63, 3.8) is 0 Å². The van der Waals surface area contributed by atoms with E-state index in [0.29, 0.717) is 0 Å². The van der Waals surface area contributed by atoms with Crippen LogP contribution in [-0.4, -0.2) is 48.5 Å². The Morgan fingerprint density at radius 1 is 1.44 bits per heavy atom. The van der Waals surface area contributed by atoms with E-state index in [1.807, 2.05) is 30.3 Å². The van der Waals surface area contributed by atoms with Crippen molar-refractivity contribution >= 4 is 5.71 Å². The van der Waals surface area contributed by atoms with Crippen molar-refractivity contribution < 1.29 is 5.21 Å². The van der Waals surface area contributed by atoms with E-state index in [-0.39, 0.29) is 6.04 Å². The summed E-state index contributed by atoms with van der Waals surface area (Å²) in [6, 6.07) is 9.95. The molecule has 0 bridgehead atoms. The lowest BCUT2D eigenvalue weighted by molar-refractivity contribution is 0.241. The standard InChI is InChI=1S/C12H17N3O/c1-15-8-7-13-9-11(15)12(14-16)10-5-3-2-4-6-10/h2-6,11,13,16H,7-9H2,1H3/b14-12+. The topological polar surface area (TPSA) is 47.9 Å². The fourth-order valence-corrected chi connectivity index (χ4v) is 2.04. The van der Waals surface area contributed by atoms with E-state index in [1.54, 1.807) is 0 Å². The van der Waals surface area contributed by atoms with Crippen LogP contribution in [0.3, 0.4) is 0 Å². The molecule has 0 amide bonds. The summed E-state index contributed by atoms with van der Waals surface area (Å²) in [7, 11) is 2.06. The van der Waals surface area contributed by atoms with Gasteiger partial charge in [-0.2, -0.15) is 0 Å². The highest BCUT2D eigenvalue weighted by molar-refractivity contribution is 6.04. The van der Waals surface area contributed by atoms with Gasteiger partial charge in [-0.3, -0.25) is 4.90 Å². The fourth-order valence-electron chi connectivity index (χ4n) is 2.04. The van der Waals surface area contributed by atoms with Crippen molar-refractivity contribution in [2.45, 2.75) is 6.04 Å². The van der Waals surface area contributed by atoms with E-state index >= 15 is 0 Å². The van der Waals surface area contributed by atoms with E-state index in [0.717, 1.165) is 30.9 Å².